The zero-order valence-electron chi connectivity index (χ0n) is 16.2. The summed E-state index contributed by atoms with van der Waals surface area (Å²) >= 11 is 0. The van der Waals surface area contributed by atoms with Crippen LogP contribution >= 0.6 is 0 Å². The molecule has 0 saturated carbocycles. The molecule has 3 rings (SSSR count). The molecule has 7 nitrogen and oxygen atoms in total. The molecule has 1 amide bonds. The quantitative estimate of drug-likeness (QED) is 0.843. The summed E-state index contributed by atoms with van der Waals surface area (Å²) < 4.78 is 0. The first-order chi connectivity index (χ1) is 13.4. The highest BCUT2D eigenvalue weighted by atomic mass is 16.3. The molecule has 2 N–H and O–H groups in total. The number of para-hydroxylation sites is 2. The first-order valence-electron chi connectivity index (χ1n) is 9.35. The number of amides is 1. The minimum absolute atomic E-state index is 0.0560. The number of piperazine rings is 1. The molecule has 1 aliphatic rings. The van der Waals surface area contributed by atoms with Crippen LogP contribution in [0.4, 0.5) is 5.69 Å². The Morgan fingerprint density at radius 1 is 1.21 bits per heavy atom. The number of pyridine rings is 1. The van der Waals surface area contributed by atoms with Crippen LogP contribution in [0.15, 0.2) is 29.1 Å². The standard InChI is InChI=1S/C21H24N4O3/c1-14-16(15(2)23-21(28)17(14)13-22)7-8-20(27)25-11-9-24(10-12-25)18-5-3-4-6-19(18)26/h3-6,26H,7-12H2,1-2H3,(H,23,28). The highest BCUT2D eigenvalue weighted by molar-refractivity contribution is 5.77. The summed E-state index contributed by atoms with van der Waals surface area (Å²) in [7, 11) is 0. The van der Waals surface area contributed by atoms with Crippen LogP contribution in [0.3, 0.4) is 0 Å². The van der Waals surface area contributed by atoms with Gasteiger partial charge in [-0.3, -0.25) is 9.59 Å². The van der Waals surface area contributed by atoms with Crippen LogP contribution in [-0.2, 0) is 11.2 Å². The number of hydrogen-bond donors (Lipinski definition) is 2. The number of aryl methyl sites for hydroxylation is 1. The third-order valence-electron chi connectivity index (χ3n) is 5.36. The Morgan fingerprint density at radius 3 is 2.54 bits per heavy atom. The van der Waals surface area contributed by atoms with Gasteiger partial charge in [0.25, 0.3) is 5.56 Å². The monoisotopic (exact) mass is 380 g/mol. The van der Waals surface area contributed by atoms with E-state index in [1.165, 1.54) is 0 Å². The van der Waals surface area contributed by atoms with Crippen LogP contribution in [0.5, 0.6) is 5.75 Å². The molecule has 2 aromatic rings. The molecule has 0 bridgehead atoms. The number of carbonyl (C=O) groups is 1. The van der Waals surface area contributed by atoms with E-state index in [-0.39, 0.29) is 22.8 Å². The molecule has 0 radical (unpaired) electrons. The number of nitrogens with one attached hydrogen (secondary N) is 1. The molecule has 0 spiro atoms. The van der Waals surface area contributed by atoms with Gasteiger partial charge in [0, 0.05) is 38.3 Å². The maximum atomic E-state index is 12.6. The summed E-state index contributed by atoms with van der Waals surface area (Å²) in [6, 6.07) is 9.16. The lowest BCUT2D eigenvalue weighted by Crippen LogP contribution is -2.48. The highest BCUT2D eigenvalue weighted by Gasteiger charge is 2.23. The number of nitrogens with zero attached hydrogens (tertiary/aromatic N) is 3. The van der Waals surface area contributed by atoms with Crippen molar-refractivity contribution in [2.75, 3.05) is 31.1 Å². The molecule has 0 atom stereocenters. The predicted octanol–water partition coefficient (Wildman–Crippen LogP) is 1.85. The second kappa shape index (κ2) is 8.17. The summed E-state index contributed by atoms with van der Waals surface area (Å²) in [6.07, 6.45) is 0.816. The van der Waals surface area contributed by atoms with Gasteiger partial charge in [-0.15, -0.1) is 0 Å². The maximum absolute atomic E-state index is 12.6. The molecule has 0 aliphatic carbocycles. The summed E-state index contributed by atoms with van der Waals surface area (Å²) in [5.41, 5.74) is 2.74. The van der Waals surface area contributed by atoms with Gasteiger partial charge in [-0.1, -0.05) is 12.1 Å². The first kappa shape index (κ1) is 19.5. The zero-order chi connectivity index (χ0) is 20.3. The number of nitriles is 1. The van der Waals surface area contributed by atoms with Gasteiger partial charge < -0.3 is 19.9 Å². The second-order valence-electron chi connectivity index (χ2n) is 7.03. The van der Waals surface area contributed by atoms with E-state index >= 15 is 0 Å². The van der Waals surface area contributed by atoms with Gasteiger partial charge >= 0.3 is 0 Å². The number of benzene rings is 1. The van der Waals surface area contributed by atoms with E-state index in [2.05, 4.69) is 9.88 Å². The molecule has 7 heteroatoms. The predicted molar refractivity (Wildman–Crippen MR) is 106 cm³/mol. The molecule has 1 aliphatic heterocycles. The van der Waals surface area contributed by atoms with Gasteiger partial charge in [-0.05, 0) is 43.5 Å². The van der Waals surface area contributed by atoms with Crippen molar-refractivity contribution in [3.8, 4) is 11.8 Å². The molecule has 1 aromatic heterocycles. The lowest BCUT2D eigenvalue weighted by molar-refractivity contribution is -0.131. The lowest BCUT2D eigenvalue weighted by Gasteiger charge is -2.36. The molecule has 146 valence electrons. The SMILES string of the molecule is Cc1[nH]c(=O)c(C#N)c(C)c1CCC(=O)N1CCN(c2ccccc2O)CC1. The largest absolute Gasteiger partial charge is 0.506 e. The number of aromatic hydroxyl groups is 1. The molecule has 1 saturated heterocycles. The Labute approximate surface area is 163 Å². The third-order valence-corrected chi connectivity index (χ3v) is 5.36. The number of aromatic nitrogens is 1. The van der Waals surface area contributed by atoms with Crippen LogP contribution < -0.4 is 10.5 Å². The van der Waals surface area contributed by atoms with E-state index in [1.807, 2.05) is 23.1 Å². The smallest absolute Gasteiger partial charge is 0.266 e. The van der Waals surface area contributed by atoms with E-state index in [9.17, 15) is 14.7 Å². The van der Waals surface area contributed by atoms with Crippen LogP contribution in [0.2, 0.25) is 0 Å². The number of aromatic amines is 1. The van der Waals surface area contributed by atoms with Crippen LogP contribution in [0, 0.1) is 25.2 Å². The Balaban J connectivity index is 1.61. The molecule has 1 aromatic carbocycles. The van der Waals surface area contributed by atoms with Crippen molar-refractivity contribution in [2.45, 2.75) is 26.7 Å². The van der Waals surface area contributed by atoms with Crippen LogP contribution in [0.25, 0.3) is 0 Å². The fourth-order valence-corrected chi connectivity index (χ4v) is 3.74. The van der Waals surface area contributed by atoms with Crippen molar-refractivity contribution in [2.24, 2.45) is 0 Å². The minimum Gasteiger partial charge on any atom is -0.506 e. The van der Waals surface area contributed by atoms with Gasteiger partial charge in [0.2, 0.25) is 5.91 Å². The van der Waals surface area contributed by atoms with Crippen LogP contribution in [0.1, 0.15) is 28.8 Å². The van der Waals surface area contributed by atoms with Gasteiger partial charge in [-0.25, -0.2) is 0 Å². The molecule has 2 heterocycles. The second-order valence-corrected chi connectivity index (χ2v) is 7.03. The van der Waals surface area contributed by atoms with Gasteiger partial charge in [-0.2, -0.15) is 5.26 Å². The highest BCUT2D eigenvalue weighted by Crippen LogP contribution is 2.27. The summed E-state index contributed by atoms with van der Waals surface area (Å²) in [5, 5.41) is 19.2. The fourth-order valence-electron chi connectivity index (χ4n) is 3.74. The van der Waals surface area contributed by atoms with E-state index < -0.39 is 0 Å². The van der Waals surface area contributed by atoms with E-state index in [0.29, 0.717) is 50.3 Å². The number of anilines is 1. The number of phenols is 1. The number of rotatable bonds is 4. The molecule has 0 unspecified atom stereocenters. The number of carbonyl (C=O) groups excluding carboxylic acids is 1. The maximum Gasteiger partial charge on any atom is 0.266 e. The average molecular weight is 380 g/mol. The Morgan fingerprint density at radius 2 is 1.89 bits per heavy atom. The van der Waals surface area contributed by atoms with Crippen molar-refractivity contribution in [3.05, 3.63) is 57.0 Å². The van der Waals surface area contributed by atoms with Crippen molar-refractivity contribution < 1.29 is 9.90 Å². The van der Waals surface area contributed by atoms with Gasteiger partial charge in [0.15, 0.2) is 0 Å². The first-order valence-corrected chi connectivity index (χ1v) is 9.35. The van der Waals surface area contributed by atoms with E-state index in [4.69, 9.17) is 5.26 Å². The normalized spacial score (nSPS) is 14.0. The number of phenolic OH excluding ortho intramolecular Hbond substituents is 1. The minimum atomic E-state index is -0.382. The topological polar surface area (TPSA) is 100 Å². The Bertz CT molecular complexity index is 982. The molecular weight excluding hydrogens is 356 g/mol. The average Bonchev–Trinajstić information content (AvgIpc) is 2.68. The number of H-pyrrole nitrogens is 1. The van der Waals surface area contributed by atoms with Gasteiger partial charge in [0.05, 0.1) is 5.69 Å². The van der Waals surface area contributed by atoms with Crippen molar-refractivity contribution in [3.63, 3.8) is 0 Å². The van der Waals surface area contributed by atoms with Crippen LogP contribution in [-0.4, -0.2) is 47.1 Å². The molecular formula is C21H24N4O3. The van der Waals surface area contributed by atoms with Gasteiger partial charge in [0.1, 0.15) is 17.4 Å². The summed E-state index contributed by atoms with van der Waals surface area (Å²) in [4.78, 5) is 31.1. The van der Waals surface area contributed by atoms with E-state index in [0.717, 1.165) is 11.3 Å². The van der Waals surface area contributed by atoms with Crippen molar-refractivity contribution in [1.29, 1.82) is 5.26 Å². The summed E-state index contributed by atoms with van der Waals surface area (Å²) in [6.45, 7) is 6.07. The van der Waals surface area contributed by atoms with Crippen molar-refractivity contribution >= 4 is 11.6 Å². The number of hydrogen-bond acceptors (Lipinski definition) is 5. The van der Waals surface area contributed by atoms with Crippen molar-refractivity contribution in [1.82, 2.24) is 9.88 Å². The Kier molecular flexibility index (Phi) is 5.69. The third kappa shape index (κ3) is 3.86. The van der Waals surface area contributed by atoms with E-state index in [1.54, 1.807) is 26.0 Å². The lowest BCUT2D eigenvalue weighted by atomic mass is 9.99. The molecule has 28 heavy (non-hydrogen) atoms. The molecule has 1 fully saturated rings. The zero-order valence-corrected chi connectivity index (χ0v) is 16.2. The Hall–Kier alpha value is -3.27. The summed E-state index contributed by atoms with van der Waals surface area (Å²) in [5.74, 6) is 0.306. The fraction of sp³-hybridized carbons (Fsp3) is 0.381.